The zero-order valence-corrected chi connectivity index (χ0v) is 11.6. The molecule has 0 aliphatic carbocycles. The fourth-order valence-corrected chi connectivity index (χ4v) is 7.84. The molecule has 0 saturated carbocycles. The summed E-state index contributed by atoms with van der Waals surface area (Å²) >= 11 is 0. The van der Waals surface area contributed by atoms with E-state index in [4.69, 9.17) is 0 Å². The fourth-order valence-electron chi connectivity index (χ4n) is 2.61. The van der Waals surface area contributed by atoms with Gasteiger partial charge in [-0.25, -0.2) is 0 Å². The van der Waals surface area contributed by atoms with Gasteiger partial charge in [0.25, 0.3) is 6.43 Å². The molecule has 15 heavy (non-hydrogen) atoms. The van der Waals surface area contributed by atoms with Gasteiger partial charge in [-0.1, -0.05) is 41.5 Å². The minimum Gasteiger partial charge on any atom is -0.196 e. The largest absolute Gasteiger partial charge is 0.298 e. The number of hydrogen-bond acceptors (Lipinski definition) is 0. The maximum Gasteiger partial charge on any atom is 0.298 e. The van der Waals surface area contributed by atoms with E-state index < -0.39 is 14.5 Å². The van der Waals surface area contributed by atoms with Crippen molar-refractivity contribution in [3.05, 3.63) is 0 Å². The van der Waals surface area contributed by atoms with E-state index in [9.17, 15) is 8.78 Å². The second kappa shape index (κ2) is 5.65. The summed E-state index contributed by atoms with van der Waals surface area (Å²) in [6.45, 7) is 12.7. The molecule has 0 amide bonds. The third kappa shape index (κ3) is 3.31. The van der Waals surface area contributed by atoms with Gasteiger partial charge in [0.2, 0.25) is 0 Å². The van der Waals surface area contributed by atoms with Crippen molar-refractivity contribution in [2.75, 3.05) is 0 Å². The molecule has 0 heterocycles. The molecule has 0 aromatic carbocycles. The van der Waals surface area contributed by atoms with Crippen LogP contribution in [-0.2, 0) is 0 Å². The third-order valence-corrected chi connectivity index (χ3v) is 9.57. The first-order valence-electron chi connectivity index (χ1n) is 5.56. The SMILES string of the molecule is CC(C)[Si](C#CC(F)F)(C(C)C)C(C)C. The van der Waals surface area contributed by atoms with Crippen LogP contribution >= 0.6 is 0 Å². The minimum absolute atomic E-state index is 0.420. The van der Waals surface area contributed by atoms with Gasteiger partial charge in [-0.2, -0.15) is 8.78 Å². The van der Waals surface area contributed by atoms with Crippen LogP contribution in [0.5, 0.6) is 0 Å². The second-order valence-corrected chi connectivity index (χ2v) is 10.5. The number of alkyl halides is 2. The molecule has 0 unspecified atom stereocenters. The minimum atomic E-state index is -2.49. The summed E-state index contributed by atoms with van der Waals surface area (Å²) in [6.07, 6.45) is -2.49. The molecule has 0 radical (unpaired) electrons. The number of rotatable bonds is 3. The summed E-state index contributed by atoms with van der Waals surface area (Å²) in [5, 5.41) is 0. The predicted molar refractivity (Wildman–Crippen MR) is 64.8 cm³/mol. The third-order valence-electron chi connectivity index (χ3n) is 3.26. The molecule has 0 saturated heterocycles. The molecule has 0 atom stereocenters. The lowest BCUT2D eigenvalue weighted by atomic mass is 10.5. The molecule has 0 rings (SSSR count). The molecule has 0 aliphatic rings. The Labute approximate surface area is 93.5 Å². The van der Waals surface area contributed by atoms with Crippen LogP contribution in [-0.4, -0.2) is 14.5 Å². The zero-order valence-electron chi connectivity index (χ0n) is 10.6. The van der Waals surface area contributed by atoms with Gasteiger partial charge in [-0.3, -0.25) is 0 Å². The van der Waals surface area contributed by atoms with Crippen LogP contribution in [0.3, 0.4) is 0 Å². The van der Waals surface area contributed by atoms with E-state index in [1.54, 1.807) is 0 Å². The van der Waals surface area contributed by atoms with Crippen LogP contribution in [0.2, 0.25) is 16.6 Å². The summed E-state index contributed by atoms with van der Waals surface area (Å²) in [5.74, 6) is 2.11. The van der Waals surface area contributed by atoms with Crippen molar-refractivity contribution >= 4 is 8.07 Å². The van der Waals surface area contributed by atoms with E-state index in [0.29, 0.717) is 16.6 Å². The molecule has 3 heteroatoms. The standard InChI is InChI=1S/C12H22F2Si/c1-9(2)15(10(3)4,11(5)6)8-7-12(13)14/h9-12H,1-6H3. The first kappa shape index (κ1) is 14.6. The topological polar surface area (TPSA) is 0 Å². The summed E-state index contributed by atoms with van der Waals surface area (Å²) in [5.41, 5.74) is 4.23. The van der Waals surface area contributed by atoms with E-state index in [-0.39, 0.29) is 0 Å². The first-order chi connectivity index (χ1) is 6.75. The van der Waals surface area contributed by atoms with Crippen molar-refractivity contribution in [1.82, 2.24) is 0 Å². The van der Waals surface area contributed by atoms with Gasteiger partial charge in [-0.15, -0.1) is 5.54 Å². The molecular weight excluding hydrogens is 210 g/mol. The molecule has 0 N–H and O–H groups in total. The van der Waals surface area contributed by atoms with Gasteiger partial charge in [0.05, 0.1) is 0 Å². The lowest BCUT2D eigenvalue weighted by Gasteiger charge is -2.38. The monoisotopic (exact) mass is 232 g/mol. The highest BCUT2D eigenvalue weighted by Gasteiger charge is 2.41. The predicted octanol–water partition coefficient (Wildman–Crippen LogP) is 4.47. The van der Waals surface area contributed by atoms with E-state index in [1.807, 2.05) is 0 Å². The fraction of sp³-hybridized carbons (Fsp3) is 0.833. The van der Waals surface area contributed by atoms with Crippen LogP contribution in [0.25, 0.3) is 0 Å². The molecule has 88 valence electrons. The van der Waals surface area contributed by atoms with Gasteiger partial charge in [0, 0.05) is 0 Å². The number of hydrogen-bond donors (Lipinski definition) is 0. The quantitative estimate of drug-likeness (QED) is 0.497. The summed E-state index contributed by atoms with van der Waals surface area (Å²) in [4.78, 5) is 0. The van der Waals surface area contributed by atoms with Gasteiger partial charge in [0.15, 0.2) is 0 Å². The molecule has 0 fully saturated rings. The Hall–Kier alpha value is -0.363. The van der Waals surface area contributed by atoms with Crippen molar-refractivity contribution < 1.29 is 8.78 Å². The lowest BCUT2D eigenvalue weighted by molar-refractivity contribution is 0.215. The highest BCUT2D eigenvalue weighted by molar-refractivity contribution is 6.90. The van der Waals surface area contributed by atoms with Crippen LogP contribution in [0.1, 0.15) is 41.5 Å². The molecule has 0 nitrogen and oxygen atoms in total. The van der Waals surface area contributed by atoms with E-state index in [2.05, 4.69) is 53.0 Å². The maximum atomic E-state index is 12.2. The smallest absolute Gasteiger partial charge is 0.196 e. The average Bonchev–Trinajstić information content (AvgIpc) is 2.02. The van der Waals surface area contributed by atoms with Crippen molar-refractivity contribution in [2.24, 2.45) is 0 Å². The Morgan fingerprint density at radius 2 is 1.13 bits per heavy atom. The molecular formula is C12H22F2Si. The van der Waals surface area contributed by atoms with Crippen molar-refractivity contribution in [2.45, 2.75) is 64.6 Å². The van der Waals surface area contributed by atoms with Gasteiger partial charge < -0.3 is 0 Å². The molecule has 0 bridgehead atoms. The maximum absolute atomic E-state index is 12.2. The second-order valence-electron chi connectivity index (χ2n) is 4.97. The Kier molecular flexibility index (Phi) is 5.51. The van der Waals surface area contributed by atoms with Crippen molar-refractivity contribution in [1.29, 1.82) is 0 Å². The zero-order chi connectivity index (χ0) is 12.2. The Morgan fingerprint density at radius 3 is 1.33 bits per heavy atom. The Balaban J connectivity index is 5.27. The average molecular weight is 232 g/mol. The summed E-state index contributed by atoms with van der Waals surface area (Å²) in [7, 11) is -1.93. The highest BCUT2D eigenvalue weighted by Crippen LogP contribution is 2.40. The van der Waals surface area contributed by atoms with Crippen LogP contribution in [0.4, 0.5) is 8.78 Å². The molecule has 0 aromatic rings. The Morgan fingerprint density at radius 1 is 0.800 bits per heavy atom. The van der Waals surface area contributed by atoms with E-state index in [0.717, 1.165) is 0 Å². The number of halogens is 2. The Bertz CT molecular complexity index is 224. The lowest BCUT2D eigenvalue weighted by Crippen LogP contribution is -2.43. The summed E-state index contributed by atoms with van der Waals surface area (Å²) < 4.78 is 24.4. The molecule has 0 spiro atoms. The summed E-state index contributed by atoms with van der Waals surface area (Å²) in [6, 6.07) is 0. The first-order valence-corrected chi connectivity index (χ1v) is 7.79. The molecule has 0 aliphatic heterocycles. The molecule has 0 aromatic heterocycles. The van der Waals surface area contributed by atoms with Crippen LogP contribution < -0.4 is 0 Å². The van der Waals surface area contributed by atoms with Gasteiger partial charge >= 0.3 is 0 Å². The van der Waals surface area contributed by atoms with Crippen molar-refractivity contribution in [3.8, 4) is 11.5 Å². The van der Waals surface area contributed by atoms with Crippen LogP contribution in [0.15, 0.2) is 0 Å². The van der Waals surface area contributed by atoms with E-state index >= 15 is 0 Å². The van der Waals surface area contributed by atoms with Gasteiger partial charge in [0.1, 0.15) is 8.07 Å². The highest BCUT2D eigenvalue weighted by atomic mass is 28.3. The van der Waals surface area contributed by atoms with Crippen molar-refractivity contribution in [3.63, 3.8) is 0 Å². The van der Waals surface area contributed by atoms with E-state index in [1.165, 1.54) is 0 Å². The van der Waals surface area contributed by atoms with Crippen LogP contribution in [0, 0.1) is 11.5 Å². The van der Waals surface area contributed by atoms with Gasteiger partial charge in [-0.05, 0) is 22.5 Å². The normalized spacial score (nSPS) is 12.5.